The average Bonchev–Trinajstić information content (AvgIpc) is 2.90. The second-order valence-electron chi connectivity index (χ2n) is 4.91. The van der Waals surface area contributed by atoms with Crippen LogP contribution in [0, 0.1) is 0 Å². The summed E-state index contributed by atoms with van der Waals surface area (Å²) < 4.78 is 42.8. The molecule has 12 nitrogen and oxygen atoms in total. The standard InChI is InChI=1S/C9H16N4O8P2/c1-22(16)12-8(14)20-4-2-18-7-5(3-19-6(4)7)21-9(15)13-23(10,11)17/h4-7H,2-3H2,1H3,(H5-,10,11,12,13,14,15,16,17)/p+1/t4?,5-,6-,7-/m1/s1. The molecule has 5 atom stereocenters. The molecule has 2 rings (SSSR count). The summed E-state index contributed by atoms with van der Waals surface area (Å²) in [5, 5.41) is 3.90. The van der Waals surface area contributed by atoms with E-state index in [2.05, 4.69) is 5.09 Å². The van der Waals surface area contributed by atoms with Gasteiger partial charge in [0, 0.05) is 0 Å². The first-order valence-corrected chi connectivity index (χ1v) is 9.98. The number of hydrogen-bond donors (Lipinski definition) is 4. The van der Waals surface area contributed by atoms with Gasteiger partial charge in [-0.05, 0) is 4.57 Å². The predicted molar refractivity (Wildman–Crippen MR) is 75.8 cm³/mol. The van der Waals surface area contributed by atoms with Crippen LogP contribution in [0.25, 0.3) is 0 Å². The Morgan fingerprint density at radius 1 is 1.13 bits per heavy atom. The maximum Gasteiger partial charge on any atom is 0.461 e. The Morgan fingerprint density at radius 2 is 1.61 bits per heavy atom. The number of rotatable bonds is 4. The molecule has 2 aliphatic rings. The van der Waals surface area contributed by atoms with Crippen molar-refractivity contribution in [1.29, 1.82) is 0 Å². The van der Waals surface area contributed by atoms with E-state index in [0.717, 1.165) is 0 Å². The van der Waals surface area contributed by atoms with Crippen molar-refractivity contribution in [2.24, 2.45) is 11.0 Å². The van der Waals surface area contributed by atoms with Crippen molar-refractivity contribution in [3.05, 3.63) is 0 Å². The van der Waals surface area contributed by atoms with Gasteiger partial charge in [0.2, 0.25) is 0 Å². The Hall–Kier alpha value is -1.29. The van der Waals surface area contributed by atoms with Crippen LogP contribution in [0.2, 0.25) is 0 Å². The van der Waals surface area contributed by atoms with E-state index in [1.165, 1.54) is 6.66 Å². The van der Waals surface area contributed by atoms with E-state index in [9.17, 15) is 18.7 Å². The summed E-state index contributed by atoms with van der Waals surface area (Å²) in [6.45, 7) is 1.33. The monoisotopic (exact) mass is 371 g/mol. The third-order valence-electron chi connectivity index (χ3n) is 2.99. The molecule has 0 saturated carbocycles. The minimum Gasteiger partial charge on any atom is -0.441 e. The van der Waals surface area contributed by atoms with Gasteiger partial charge in [0.1, 0.15) is 12.2 Å². The van der Waals surface area contributed by atoms with Crippen molar-refractivity contribution >= 4 is 27.7 Å². The molecule has 0 aromatic heterocycles. The molecule has 23 heavy (non-hydrogen) atoms. The molecule has 130 valence electrons. The highest BCUT2D eigenvalue weighted by atomic mass is 31.2. The van der Waals surface area contributed by atoms with Crippen molar-refractivity contribution in [2.75, 3.05) is 19.9 Å². The number of carbonyl (C=O) groups excluding carboxylic acids is 2. The smallest absolute Gasteiger partial charge is 0.441 e. The largest absolute Gasteiger partial charge is 0.461 e. The Bertz CT molecular complexity index is 554. The van der Waals surface area contributed by atoms with Crippen molar-refractivity contribution < 1.29 is 37.7 Å². The number of ether oxygens (including phenoxy) is 4. The molecule has 6 N–H and O–H groups in total. The molecule has 0 bridgehead atoms. The number of carbonyl (C=O) groups is 2. The van der Waals surface area contributed by atoms with Gasteiger partial charge in [0.05, 0.1) is 13.2 Å². The Labute approximate surface area is 131 Å². The summed E-state index contributed by atoms with van der Waals surface area (Å²) in [6, 6.07) is 0. The normalized spacial score (nSPS) is 30.3. The van der Waals surface area contributed by atoms with Gasteiger partial charge in [0.25, 0.3) is 0 Å². The van der Waals surface area contributed by atoms with Crippen molar-refractivity contribution in [3.8, 4) is 0 Å². The van der Waals surface area contributed by atoms with E-state index in [0.29, 0.717) is 0 Å². The molecule has 2 aliphatic heterocycles. The molecule has 2 fully saturated rings. The fourth-order valence-electron chi connectivity index (χ4n) is 2.23. The van der Waals surface area contributed by atoms with Crippen LogP contribution >= 0.6 is 15.5 Å². The third kappa shape index (κ3) is 5.10. The van der Waals surface area contributed by atoms with E-state index >= 15 is 0 Å². The highest BCUT2D eigenvalue weighted by molar-refractivity contribution is 7.57. The minimum atomic E-state index is -3.76. The zero-order chi connectivity index (χ0) is 17.2. The summed E-state index contributed by atoms with van der Waals surface area (Å²) in [4.78, 5) is 22.9. The topological polar surface area (TPSA) is 181 Å². The van der Waals surface area contributed by atoms with Gasteiger partial charge in [-0.2, -0.15) is 0 Å². The first kappa shape index (κ1) is 18.1. The predicted octanol–water partition coefficient (Wildman–Crippen LogP) is -0.629. The number of nitrogens with one attached hydrogen (secondary N) is 2. The third-order valence-corrected chi connectivity index (χ3v) is 4.02. The Balaban J connectivity index is 1.87. The maximum atomic E-state index is 11.5. The second kappa shape index (κ2) is 7.08. The molecule has 0 radical (unpaired) electrons. The number of fused-ring (bicyclic) bond motifs is 1. The zero-order valence-corrected chi connectivity index (χ0v) is 13.8. The van der Waals surface area contributed by atoms with E-state index in [4.69, 9.17) is 30.0 Å². The molecule has 2 amide bonds. The quantitative estimate of drug-likeness (QED) is 0.464. The molecule has 0 aromatic rings. The molecule has 0 aliphatic carbocycles. The maximum absolute atomic E-state index is 11.5. The lowest BCUT2D eigenvalue weighted by molar-refractivity contribution is -0.0100. The van der Waals surface area contributed by atoms with Crippen molar-refractivity contribution in [1.82, 2.24) is 10.2 Å². The number of hydrogen-bond acceptors (Lipinski definition) is 8. The van der Waals surface area contributed by atoms with Crippen molar-refractivity contribution in [2.45, 2.75) is 24.4 Å². The van der Waals surface area contributed by atoms with Crippen molar-refractivity contribution in [3.63, 3.8) is 0 Å². The van der Waals surface area contributed by atoms with E-state index in [1.807, 2.05) is 0 Å². The Morgan fingerprint density at radius 3 is 2.04 bits per heavy atom. The van der Waals surface area contributed by atoms with Crippen LogP contribution in [0.15, 0.2) is 0 Å². The molecule has 14 heteroatoms. The van der Waals surface area contributed by atoms with E-state index in [-0.39, 0.29) is 13.2 Å². The summed E-state index contributed by atoms with van der Waals surface area (Å²) in [6.07, 6.45) is -4.77. The molecule has 2 heterocycles. The number of amides is 2. The van der Waals surface area contributed by atoms with Gasteiger partial charge in [-0.25, -0.2) is 14.7 Å². The van der Waals surface area contributed by atoms with Crippen LogP contribution in [0.3, 0.4) is 0 Å². The summed E-state index contributed by atoms with van der Waals surface area (Å²) >= 11 is 0. The summed E-state index contributed by atoms with van der Waals surface area (Å²) in [5.74, 6) is 0. The highest BCUT2D eigenvalue weighted by Gasteiger charge is 2.51. The lowest BCUT2D eigenvalue weighted by atomic mass is 10.1. The molecular formula is C9H17N4O8P2+. The minimum absolute atomic E-state index is 0.00822. The SMILES string of the molecule is C[P+](=O)NC(=O)OC1CO[C@H]2[C@@H]1OC[C@H]2OC(=O)NP(N)(N)=O. The molecule has 0 spiro atoms. The lowest BCUT2D eigenvalue weighted by Crippen LogP contribution is -2.39. The van der Waals surface area contributed by atoms with Gasteiger partial charge in [-0.1, -0.05) is 0 Å². The Kier molecular flexibility index (Phi) is 5.56. The first-order valence-electron chi connectivity index (χ1n) is 6.43. The van der Waals surface area contributed by atoms with Gasteiger partial charge in [0.15, 0.2) is 18.9 Å². The highest BCUT2D eigenvalue weighted by Crippen LogP contribution is 2.31. The van der Waals surface area contributed by atoms with Gasteiger partial charge in [-0.15, -0.1) is 5.09 Å². The van der Waals surface area contributed by atoms with Crippen LogP contribution in [-0.2, 0) is 28.1 Å². The van der Waals surface area contributed by atoms with Crippen LogP contribution in [0.4, 0.5) is 9.59 Å². The summed E-state index contributed by atoms with van der Waals surface area (Å²) in [7, 11) is -5.65. The van der Waals surface area contributed by atoms with Gasteiger partial charge < -0.3 is 18.9 Å². The average molecular weight is 371 g/mol. The van der Waals surface area contributed by atoms with Crippen LogP contribution in [0.1, 0.15) is 0 Å². The fourth-order valence-corrected chi connectivity index (χ4v) is 2.88. The van der Waals surface area contributed by atoms with Crippen LogP contribution in [-0.4, -0.2) is 56.5 Å². The molecule has 2 saturated heterocycles. The van der Waals surface area contributed by atoms with Crippen LogP contribution in [0.5, 0.6) is 0 Å². The zero-order valence-electron chi connectivity index (χ0n) is 12.0. The lowest BCUT2D eigenvalue weighted by Gasteiger charge is -2.17. The number of nitrogens with two attached hydrogens (primary N) is 2. The second-order valence-corrected chi connectivity index (χ2v) is 7.77. The first-order chi connectivity index (χ1) is 10.7. The molecule has 2 unspecified atom stereocenters. The molecule has 0 aromatic carbocycles. The van der Waals surface area contributed by atoms with Gasteiger partial charge in [-0.3, -0.25) is 15.6 Å². The van der Waals surface area contributed by atoms with Gasteiger partial charge >= 0.3 is 27.7 Å². The molecular weight excluding hydrogens is 354 g/mol. The fraction of sp³-hybridized carbons (Fsp3) is 0.778. The van der Waals surface area contributed by atoms with Crippen LogP contribution < -0.4 is 21.2 Å². The summed E-state index contributed by atoms with van der Waals surface area (Å²) in [5.41, 5.74) is 10.0. The van der Waals surface area contributed by atoms with E-state index in [1.54, 1.807) is 5.09 Å². The van der Waals surface area contributed by atoms with E-state index < -0.39 is 52.1 Å².